The summed E-state index contributed by atoms with van der Waals surface area (Å²) in [5, 5.41) is 8.74. The van der Waals surface area contributed by atoms with Crippen molar-refractivity contribution in [1.82, 2.24) is 14.8 Å². The fourth-order valence-corrected chi connectivity index (χ4v) is 2.12. The van der Waals surface area contributed by atoms with E-state index < -0.39 is 0 Å². The zero-order chi connectivity index (χ0) is 13.9. The predicted octanol–water partition coefficient (Wildman–Crippen LogP) is 2.32. The van der Waals surface area contributed by atoms with Crippen LogP contribution in [0, 0.1) is 0 Å². The van der Waals surface area contributed by atoms with Crippen molar-refractivity contribution in [2.75, 3.05) is 5.32 Å². The van der Waals surface area contributed by atoms with Gasteiger partial charge in [0.15, 0.2) is 0 Å². The van der Waals surface area contributed by atoms with E-state index in [0.717, 1.165) is 23.5 Å². The summed E-state index contributed by atoms with van der Waals surface area (Å²) in [5.41, 5.74) is 3.95. The molecule has 1 aromatic carbocycles. The van der Waals surface area contributed by atoms with E-state index in [2.05, 4.69) is 27.8 Å². The molecule has 0 amide bonds. The van der Waals surface area contributed by atoms with Crippen molar-refractivity contribution in [1.29, 1.82) is 0 Å². The lowest BCUT2D eigenvalue weighted by molar-refractivity contribution is 0.920. The molecule has 0 radical (unpaired) electrons. The summed E-state index contributed by atoms with van der Waals surface area (Å²) >= 11 is 0. The Morgan fingerprint density at radius 1 is 1.15 bits per heavy atom. The Bertz CT molecular complexity index is 749. The molecule has 2 heterocycles. The van der Waals surface area contributed by atoms with Crippen LogP contribution in [0.3, 0.4) is 0 Å². The van der Waals surface area contributed by atoms with Gasteiger partial charge in [-0.2, -0.15) is 0 Å². The third-order valence-electron chi connectivity index (χ3n) is 3.18. The second-order valence-corrected chi connectivity index (χ2v) is 4.79. The molecule has 0 aliphatic heterocycles. The molecule has 5 heteroatoms. The number of nitrogens with one attached hydrogen (secondary N) is 3. The molecule has 0 bridgehead atoms. The van der Waals surface area contributed by atoms with E-state index in [1.807, 2.05) is 42.1 Å². The largest absolute Gasteiger partial charge is 0.381 e. The van der Waals surface area contributed by atoms with Crippen LogP contribution in [0.15, 0.2) is 53.6 Å². The number of hydrogen-bond acceptors (Lipinski definition) is 2. The Morgan fingerprint density at radius 2 is 1.95 bits per heavy atom. The number of rotatable bonds is 4. The lowest BCUT2D eigenvalue weighted by Gasteiger charge is -2.06. The quantitative estimate of drug-likeness (QED) is 0.680. The van der Waals surface area contributed by atoms with E-state index in [9.17, 15) is 4.79 Å². The Balaban J connectivity index is 1.68. The smallest absolute Gasteiger partial charge is 0.264 e. The molecule has 3 aromatic rings. The Morgan fingerprint density at radius 3 is 2.55 bits per heavy atom. The fraction of sp³-hybridized carbons (Fsp3) is 0.133. The first kappa shape index (κ1) is 12.3. The highest BCUT2D eigenvalue weighted by molar-refractivity contribution is 5.62. The maximum atomic E-state index is 11.1. The van der Waals surface area contributed by atoms with Gasteiger partial charge in [0.25, 0.3) is 5.56 Å². The van der Waals surface area contributed by atoms with Gasteiger partial charge in [-0.15, -0.1) is 0 Å². The minimum Gasteiger partial charge on any atom is -0.381 e. The molecule has 3 rings (SSSR count). The monoisotopic (exact) mass is 268 g/mol. The minimum atomic E-state index is -0.119. The van der Waals surface area contributed by atoms with Gasteiger partial charge in [-0.3, -0.25) is 15.0 Å². The van der Waals surface area contributed by atoms with E-state index >= 15 is 0 Å². The van der Waals surface area contributed by atoms with Gasteiger partial charge >= 0.3 is 0 Å². The van der Waals surface area contributed by atoms with Gasteiger partial charge in [0, 0.05) is 37.7 Å². The number of H-pyrrole nitrogens is 2. The van der Waals surface area contributed by atoms with Crippen LogP contribution < -0.4 is 10.9 Å². The normalized spacial score (nSPS) is 10.7. The number of benzene rings is 1. The number of aromatic nitrogens is 3. The van der Waals surface area contributed by atoms with Crippen LogP contribution in [-0.4, -0.2) is 14.8 Å². The van der Waals surface area contributed by atoms with Crippen molar-refractivity contribution in [3.05, 3.63) is 64.7 Å². The average Bonchev–Trinajstić information content (AvgIpc) is 3.06. The first-order valence-corrected chi connectivity index (χ1v) is 6.43. The van der Waals surface area contributed by atoms with Crippen molar-refractivity contribution in [3.8, 4) is 11.3 Å². The van der Waals surface area contributed by atoms with Crippen molar-refractivity contribution < 1.29 is 0 Å². The molecule has 0 aliphatic rings. The molecule has 3 N–H and O–H groups in total. The minimum absolute atomic E-state index is 0.119. The lowest BCUT2D eigenvalue weighted by atomic mass is 10.1. The van der Waals surface area contributed by atoms with Crippen molar-refractivity contribution >= 4 is 5.69 Å². The Hall–Kier alpha value is -2.69. The predicted molar refractivity (Wildman–Crippen MR) is 79.6 cm³/mol. The van der Waals surface area contributed by atoms with Crippen molar-refractivity contribution in [2.45, 2.75) is 6.54 Å². The molecule has 20 heavy (non-hydrogen) atoms. The standard InChI is InChI=1S/C15H16N4O/c1-19-7-6-11(10-19)9-16-13-4-2-12(3-5-13)14-8-15(20)18-17-14/h2-8,10,16H,9H2,1H3,(H2,17,18,20). The summed E-state index contributed by atoms with van der Waals surface area (Å²) < 4.78 is 2.03. The number of anilines is 1. The number of aryl methyl sites for hydroxylation is 1. The summed E-state index contributed by atoms with van der Waals surface area (Å²) in [6.07, 6.45) is 4.12. The van der Waals surface area contributed by atoms with Gasteiger partial charge < -0.3 is 9.88 Å². The van der Waals surface area contributed by atoms with Gasteiger partial charge in [0.05, 0.1) is 5.69 Å². The zero-order valence-corrected chi connectivity index (χ0v) is 11.2. The van der Waals surface area contributed by atoms with E-state index in [0.29, 0.717) is 0 Å². The van der Waals surface area contributed by atoms with Crippen LogP contribution in [-0.2, 0) is 13.6 Å². The van der Waals surface area contributed by atoms with Crippen LogP contribution in [0.5, 0.6) is 0 Å². The average molecular weight is 268 g/mol. The summed E-state index contributed by atoms with van der Waals surface area (Å²) in [7, 11) is 2.01. The molecule has 0 saturated heterocycles. The number of nitrogens with zero attached hydrogens (tertiary/aromatic N) is 1. The topological polar surface area (TPSA) is 65.6 Å². The van der Waals surface area contributed by atoms with E-state index in [1.165, 1.54) is 5.56 Å². The number of hydrogen-bond donors (Lipinski definition) is 3. The highest BCUT2D eigenvalue weighted by Gasteiger charge is 2.01. The van der Waals surface area contributed by atoms with Crippen molar-refractivity contribution in [3.63, 3.8) is 0 Å². The van der Waals surface area contributed by atoms with Crippen LogP contribution in [0.1, 0.15) is 5.56 Å². The zero-order valence-electron chi connectivity index (χ0n) is 11.2. The third-order valence-corrected chi connectivity index (χ3v) is 3.18. The van der Waals surface area contributed by atoms with E-state index in [4.69, 9.17) is 0 Å². The van der Waals surface area contributed by atoms with Gasteiger partial charge in [0.2, 0.25) is 0 Å². The molecule has 0 fully saturated rings. The van der Waals surface area contributed by atoms with Gasteiger partial charge in [-0.25, -0.2) is 0 Å². The third kappa shape index (κ3) is 2.66. The van der Waals surface area contributed by atoms with Crippen LogP contribution in [0.4, 0.5) is 5.69 Å². The molecule has 0 atom stereocenters. The van der Waals surface area contributed by atoms with E-state index in [-0.39, 0.29) is 5.56 Å². The molecule has 2 aromatic heterocycles. The molecule has 0 unspecified atom stereocenters. The SMILES string of the molecule is Cn1ccc(CNc2ccc(-c3cc(=O)[nH][nH]3)cc2)c1. The second kappa shape index (κ2) is 5.13. The van der Waals surface area contributed by atoms with E-state index in [1.54, 1.807) is 6.07 Å². The van der Waals surface area contributed by atoms with Crippen LogP contribution >= 0.6 is 0 Å². The summed E-state index contributed by atoms with van der Waals surface area (Å²) in [5.74, 6) is 0. The Labute approximate surface area is 116 Å². The second-order valence-electron chi connectivity index (χ2n) is 4.79. The van der Waals surface area contributed by atoms with Gasteiger partial charge in [0.1, 0.15) is 0 Å². The Kier molecular flexibility index (Phi) is 3.16. The van der Waals surface area contributed by atoms with Crippen LogP contribution in [0.2, 0.25) is 0 Å². The highest BCUT2D eigenvalue weighted by atomic mass is 16.1. The molecule has 0 spiro atoms. The van der Waals surface area contributed by atoms with Gasteiger partial charge in [-0.1, -0.05) is 12.1 Å². The maximum absolute atomic E-state index is 11.1. The molecule has 0 saturated carbocycles. The maximum Gasteiger partial charge on any atom is 0.264 e. The first-order chi connectivity index (χ1) is 9.70. The van der Waals surface area contributed by atoms with Gasteiger partial charge in [-0.05, 0) is 29.3 Å². The van der Waals surface area contributed by atoms with Crippen molar-refractivity contribution in [2.24, 2.45) is 7.05 Å². The lowest BCUT2D eigenvalue weighted by Crippen LogP contribution is -1.98. The molecular formula is C15H16N4O. The molecule has 0 aliphatic carbocycles. The number of aromatic amines is 2. The molecule has 102 valence electrons. The highest BCUT2D eigenvalue weighted by Crippen LogP contribution is 2.18. The fourth-order valence-electron chi connectivity index (χ4n) is 2.12. The molecule has 5 nitrogen and oxygen atoms in total. The van der Waals surface area contributed by atoms with Crippen LogP contribution in [0.25, 0.3) is 11.3 Å². The summed E-state index contributed by atoms with van der Waals surface area (Å²) in [6, 6.07) is 11.6. The first-order valence-electron chi connectivity index (χ1n) is 6.43. The summed E-state index contributed by atoms with van der Waals surface area (Å²) in [6.45, 7) is 0.793. The molecular weight excluding hydrogens is 252 g/mol. The summed E-state index contributed by atoms with van der Waals surface area (Å²) in [4.78, 5) is 11.1.